The molecule has 4 aliphatic carbocycles. The summed E-state index contributed by atoms with van der Waals surface area (Å²) in [6, 6.07) is 0. The zero-order valence-electron chi connectivity index (χ0n) is 11.7. The van der Waals surface area contributed by atoms with Crippen LogP contribution in [0.1, 0.15) is 58.3 Å². The van der Waals surface area contributed by atoms with E-state index in [4.69, 9.17) is 0 Å². The predicted molar refractivity (Wildman–Crippen MR) is 73.6 cm³/mol. The Bertz CT molecular complexity index is 391. The molecule has 0 aromatic heterocycles. The maximum atomic E-state index is 14.7. The van der Waals surface area contributed by atoms with Crippen LogP contribution in [0, 0.1) is 17.3 Å². The van der Waals surface area contributed by atoms with Crippen LogP contribution in [0.2, 0.25) is 0 Å². The molecule has 116 valence electrons. The smallest absolute Gasteiger partial charge is 0.199 e. The molecule has 0 heterocycles. The van der Waals surface area contributed by atoms with Crippen LogP contribution < -0.4 is 0 Å². The summed E-state index contributed by atoms with van der Waals surface area (Å²) < 4.78 is 56.4. The highest BCUT2D eigenvalue weighted by Gasteiger charge is 2.81. The Kier molecular flexibility index (Phi) is 3.29. The Morgan fingerprint density at radius 1 is 0.800 bits per heavy atom. The Morgan fingerprint density at radius 2 is 1.30 bits per heavy atom. The molecule has 0 unspecified atom stereocenters. The highest BCUT2D eigenvalue weighted by atomic mass is 79.9. The van der Waals surface area contributed by atoms with Crippen LogP contribution in [0.4, 0.5) is 17.6 Å². The Balaban J connectivity index is 1.96. The van der Waals surface area contributed by atoms with Gasteiger partial charge in [-0.25, -0.2) is 0 Å². The van der Waals surface area contributed by atoms with Crippen molar-refractivity contribution in [1.82, 2.24) is 0 Å². The molecular formula is C15H21BrF4. The predicted octanol–water partition coefficient (Wildman–Crippen LogP) is 5.79. The lowest BCUT2D eigenvalue weighted by atomic mass is 9.49. The molecule has 0 aliphatic heterocycles. The van der Waals surface area contributed by atoms with Gasteiger partial charge in [-0.05, 0) is 50.4 Å². The van der Waals surface area contributed by atoms with Gasteiger partial charge < -0.3 is 0 Å². The van der Waals surface area contributed by atoms with Crippen molar-refractivity contribution in [3.8, 4) is 0 Å². The average Bonchev–Trinajstić information content (AvgIpc) is 2.39. The molecule has 4 fully saturated rings. The van der Waals surface area contributed by atoms with Gasteiger partial charge in [0.05, 0.1) is 4.32 Å². The summed E-state index contributed by atoms with van der Waals surface area (Å²) in [5, 5.41) is 0. The molecule has 20 heavy (non-hydrogen) atoms. The van der Waals surface area contributed by atoms with Crippen molar-refractivity contribution in [1.29, 1.82) is 0 Å². The largest absolute Gasteiger partial charge is 0.325 e. The summed E-state index contributed by atoms with van der Waals surface area (Å²) in [6.45, 7) is 2.12. The van der Waals surface area contributed by atoms with E-state index >= 15 is 0 Å². The monoisotopic (exact) mass is 356 g/mol. The van der Waals surface area contributed by atoms with Gasteiger partial charge in [-0.3, -0.25) is 0 Å². The first-order chi connectivity index (χ1) is 9.16. The van der Waals surface area contributed by atoms with Crippen LogP contribution in [-0.2, 0) is 0 Å². The van der Waals surface area contributed by atoms with Crippen molar-refractivity contribution in [2.45, 2.75) is 74.5 Å². The van der Waals surface area contributed by atoms with Crippen molar-refractivity contribution in [2.75, 3.05) is 0 Å². The number of fused-ring (bicyclic) bond motifs is 3. The SMILES string of the molecule is CC1CCC(C23CCC(Br)(CC2)C(F)(F)C3(F)F)CC1. The lowest BCUT2D eigenvalue weighted by Gasteiger charge is -2.62. The molecule has 0 atom stereocenters. The topological polar surface area (TPSA) is 0 Å². The summed E-state index contributed by atoms with van der Waals surface area (Å²) in [7, 11) is 0. The third-order valence-electron chi connectivity index (χ3n) is 6.31. The van der Waals surface area contributed by atoms with Crippen molar-refractivity contribution < 1.29 is 17.6 Å². The number of alkyl halides is 5. The Morgan fingerprint density at radius 3 is 1.80 bits per heavy atom. The molecule has 2 bridgehead atoms. The van der Waals surface area contributed by atoms with Gasteiger partial charge in [-0.2, -0.15) is 17.6 Å². The highest BCUT2D eigenvalue weighted by molar-refractivity contribution is 9.10. The fourth-order valence-electron chi connectivity index (χ4n) is 4.79. The van der Waals surface area contributed by atoms with Gasteiger partial charge in [-0.1, -0.05) is 35.7 Å². The number of hydrogen-bond donors (Lipinski definition) is 0. The fraction of sp³-hybridized carbons (Fsp3) is 1.00. The minimum atomic E-state index is -3.93. The van der Waals surface area contributed by atoms with Gasteiger partial charge in [0.15, 0.2) is 0 Å². The van der Waals surface area contributed by atoms with Gasteiger partial charge in [-0.15, -0.1) is 0 Å². The van der Waals surface area contributed by atoms with E-state index in [1.54, 1.807) is 0 Å². The molecular weight excluding hydrogens is 336 g/mol. The summed E-state index contributed by atoms with van der Waals surface area (Å²) >= 11 is 2.96. The molecule has 4 saturated carbocycles. The standard InChI is InChI=1S/C15H21BrF4/c1-10-2-4-11(5-3-10)12-6-8-13(16,9-7-12)15(19,20)14(12,17)18/h10-11H,2-9H2,1H3. The molecule has 0 aromatic rings. The van der Waals surface area contributed by atoms with E-state index in [2.05, 4.69) is 22.9 Å². The van der Waals surface area contributed by atoms with E-state index in [9.17, 15) is 17.6 Å². The molecule has 0 radical (unpaired) electrons. The van der Waals surface area contributed by atoms with Crippen molar-refractivity contribution in [3.05, 3.63) is 0 Å². The maximum Gasteiger partial charge on any atom is 0.325 e. The van der Waals surface area contributed by atoms with Crippen molar-refractivity contribution in [2.24, 2.45) is 17.3 Å². The van der Waals surface area contributed by atoms with E-state index in [-0.39, 0.29) is 31.6 Å². The summed E-state index contributed by atoms with van der Waals surface area (Å²) in [5.74, 6) is -7.51. The van der Waals surface area contributed by atoms with Gasteiger partial charge in [0, 0.05) is 5.41 Å². The minimum absolute atomic E-state index is 0.168. The number of hydrogen-bond acceptors (Lipinski definition) is 0. The second-order valence-corrected chi connectivity index (χ2v) is 8.74. The van der Waals surface area contributed by atoms with E-state index < -0.39 is 21.6 Å². The summed E-state index contributed by atoms with van der Waals surface area (Å²) in [5.41, 5.74) is -1.47. The zero-order valence-corrected chi connectivity index (χ0v) is 13.3. The highest BCUT2D eigenvalue weighted by Crippen LogP contribution is 2.72. The second kappa shape index (κ2) is 4.36. The second-order valence-electron chi connectivity index (χ2n) is 7.23. The van der Waals surface area contributed by atoms with Crippen molar-refractivity contribution in [3.63, 3.8) is 0 Å². The zero-order chi connectivity index (χ0) is 14.8. The molecule has 4 aliphatic rings. The maximum absolute atomic E-state index is 14.7. The quantitative estimate of drug-likeness (QED) is 0.412. The van der Waals surface area contributed by atoms with E-state index in [0.29, 0.717) is 18.8 Å². The first kappa shape index (κ1) is 15.1. The lowest BCUT2D eigenvalue weighted by molar-refractivity contribution is -0.339. The molecule has 0 amide bonds. The molecule has 0 N–H and O–H groups in total. The third-order valence-corrected chi connectivity index (χ3v) is 7.61. The van der Waals surface area contributed by atoms with E-state index in [0.717, 1.165) is 12.8 Å². The first-order valence-electron chi connectivity index (χ1n) is 7.61. The van der Waals surface area contributed by atoms with Gasteiger partial charge in [0.1, 0.15) is 0 Å². The molecule has 4 rings (SSSR count). The number of rotatable bonds is 1. The summed E-state index contributed by atoms with van der Waals surface area (Å²) in [4.78, 5) is 0. The third kappa shape index (κ3) is 1.65. The van der Waals surface area contributed by atoms with E-state index in [1.165, 1.54) is 0 Å². The lowest BCUT2D eigenvalue weighted by Crippen LogP contribution is -2.72. The molecule has 0 spiro atoms. The molecule has 0 nitrogen and oxygen atoms in total. The van der Waals surface area contributed by atoms with Crippen molar-refractivity contribution >= 4 is 15.9 Å². The molecule has 0 saturated heterocycles. The van der Waals surface area contributed by atoms with Gasteiger partial charge in [0.25, 0.3) is 0 Å². The number of halogens is 5. The van der Waals surface area contributed by atoms with Crippen LogP contribution in [0.25, 0.3) is 0 Å². The Hall–Kier alpha value is 0.200. The minimum Gasteiger partial charge on any atom is -0.199 e. The van der Waals surface area contributed by atoms with E-state index in [1.807, 2.05) is 0 Å². The van der Waals surface area contributed by atoms with Gasteiger partial charge >= 0.3 is 11.8 Å². The summed E-state index contributed by atoms with van der Waals surface area (Å²) in [6.07, 6.45) is 3.97. The average molecular weight is 357 g/mol. The van der Waals surface area contributed by atoms with Crippen LogP contribution in [0.15, 0.2) is 0 Å². The van der Waals surface area contributed by atoms with Crippen LogP contribution >= 0.6 is 15.9 Å². The van der Waals surface area contributed by atoms with Gasteiger partial charge in [0.2, 0.25) is 0 Å². The Labute approximate surface area is 125 Å². The fourth-order valence-corrected chi connectivity index (χ4v) is 5.44. The molecule has 0 aromatic carbocycles. The van der Waals surface area contributed by atoms with Crippen LogP contribution in [0.5, 0.6) is 0 Å². The first-order valence-corrected chi connectivity index (χ1v) is 8.40. The van der Waals surface area contributed by atoms with Crippen LogP contribution in [-0.4, -0.2) is 16.2 Å². The van der Waals surface area contributed by atoms with Crippen LogP contribution in [0.3, 0.4) is 0 Å². The normalized spacial score (nSPS) is 50.1. The molecule has 5 heteroatoms.